The molecular formula is C14H26O2. The van der Waals surface area contributed by atoms with Gasteiger partial charge in [0.15, 0.2) is 6.29 Å². The van der Waals surface area contributed by atoms with E-state index in [1.54, 1.807) is 0 Å². The minimum Gasteiger partial charge on any atom is -0.365 e. The second-order valence-electron chi connectivity index (χ2n) is 6.56. The molecule has 0 amide bonds. The Hall–Kier alpha value is -0.370. The lowest BCUT2D eigenvalue weighted by atomic mass is 9.71. The normalized spacial score (nSPS) is 27.4. The van der Waals surface area contributed by atoms with Crippen LogP contribution >= 0.6 is 0 Å². The Balaban J connectivity index is 2.54. The fraction of sp³-hybridized carbons (Fsp3) is 0.929. The van der Waals surface area contributed by atoms with Crippen LogP contribution in [0.2, 0.25) is 0 Å². The smallest absolute Gasteiger partial charge is 0.151 e. The van der Waals surface area contributed by atoms with Gasteiger partial charge in [-0.2, -0.15) is 0 Å². The van der Waals surface area contributed by atoms with Gasteiger partial charge in [-0.15, -0.1) is 0 Å². The third kappa shape index (κ3) is 3.89. The van der Waals surface area contributed by atoms with Gasteiger partial charge in [-0.25, -0.2) is 0 Å². The molecule has 16 heavy (non-hydrogen) atoms. The van der Waals surface area contributed by atoms with Crippen LogP contribution in [0, 0.1) is 11.3 Å². The molecule has 0 N–H and O–H groups in total. The molecule has 0 saturated heterocycles. The van der Waals surface area contributed by atoms with Crippen molar-refractivity contribution in [2.75, 3.05) is 0 Å². The highest BCUT2D eigenvalue weighted by atomic mass is 16.5. The molecule has 0 radical (unpaired) electrons. The maximum absolute atomic E-state index is 10.8. The second kappa shape index (κ2) is 4.87. The van der Waals surface area contributed by atoms with E-state index in [9.17, 15) is 4.79 Å². The van der Waals surface area contributed by atoms with Crippen LogP contribution in [0.4, 0.5) is 0 Å². The molecule has 0 aliphatic heterocycles. The van der Waals surface area contributed by atoms with Crippen LogP contribution in [0.3, 0.4) is 0 Å². The lowest BCUT2D eigenvalue weighted by Gasteiger charge is -2.39. The number of hydrogen-bond acceptors (Lipinski definition) is 2. The average molecular weight is 226 g/mol. The summed E-state index contributed by atoms with van der Waals surface area (Å²) in [7, 11) is 0. The van der Waals surface area contributed by atoms with E-state index in [1.807, 2.05) is 13.8 Å². The summed E-state index contributed by atoms with van der Waals surface area (Å²) in [4.78, 5) is 10.8. The van der Waals surface area contributed by atoms with E-state index in [2.05, 4.69) is 20.8 Å². The van der Waals surface area contributed by atoms with E-state index in [0.717, 1.165) is 6.29 Å². The molecule has 2 nitrogen and oxygen atoms in total. The summed E-state index contributed by atoms with van der Waals surface area (Å²) in [5.41, 5.74) is -0.202. The fourth-order valence-corrected chi connectivity index (χ4v) is 2.76. The SMILES string of the molecule is CC(OC(C)(C)C=O)C1CCCC(C)(C)C1. The molecule has 1 aliphatic rings. The Kier molecular flexibility index (Phi) is 4.17. The van der Waals surface area contributed by atoms with Crippen LogP contribution in [0.5, 0.6) is 0 Å². The van der Waals surface area contributed by atoms with Crippen molar-refractivity contribution < 1.29 is 9.53 Å². The number of ether oxygens (including phenoxy) is 1. The Bertz CT molecular complexity index is 243. The first-order chi connectivity index (χ1) is 7.26. The van der Waals surface area contributed by atoms with Gasteiger partial charge in [-0.05, 0) is 51.4 Å². The minimum atomic E-state index is -0.638. The zero-order valence-electron chi connectivity index (χ0n) is 11.4. The van der Waals surface area contributed by atoms with E-state index in [4.69, 9.17) is 4.74 Å². The Morgan fingerprint density at radius 2 is 2.06 bits per heavy atom. The minimum absolute atomic E-state index is 0.180. The van der Waals surface area contributed by atoms with Crippen molar-refractivity contribution in [2.45, 2.75) is 72.0 Å². The third-order valence-electron chi connectivity index (χ3n) is 3.68. The monoisotopic (exact) mass is 226 g/mol. The van der Waals surface area contributed by atoms with Gasteiger partial charge in [0.2, 0.25) is 0 Å². The van der Waals surface area contributed by atoms with Crippen molar-refractivity contribution in [3.63, 3.8) is 0 Å². The first-order valence-electron chi connectivity index (χ1n) is 6.40. The summed E-state index contributed by atoms with van der Waals surface area (Å²) >= 11 is 0. The molecule has 2 heteroatoms. The van der Waals surface area contributed by atoms with Crippen molar-refractivity contribution in [1.29, 1.82) is 0 Å². The van der Waals surface area contributed by atoms with E-state index < -0.39 is 5.60 Å². The van der Waals surface area contributed by atoms with Crippen molar-refractivity contribution in [3.8, 4) is 0 Å². The molecule has 0 aromatic carbocycles. The van der Waals surface area contributed by atoms with E-state index in [-0.39, 0.29) is 6.10 Å². The zero-order chi connectivity index (χ0) is 12.4. The number of rotatable bonds is 4. The number of carbonyl (C=O) groups excluding carboxylic acids is 1. The number of hydrogen-bond donors (Lipinski definition) is 0. The molecule has 94 valence electrons. The van der Waals surface area contributed by atoms with Gasteiger partial charge in [0, 0.05) is 0 Å². The summed E-state index contributed by atoms with van der Waals surface area (Å²) < 4.78 is 5.85. The topological polar surface area (TPSA) is 26.3 Å². The highest BCUT2D eigenvalue weighted by molar-refractivity contribution is 5.60. The molecule has 0 heterocycles. The number of carbonyl (C=O) groups is 1. The highest BCUT2D eigenvalue weighted by Crippen LogP contribution is 2.40. The highest BCUT2D eigenvalue weighted by Gasteiger charge is 2.33. The molecule has 1 fully saturated rings. The standard InChI is InChI=1S/C14H26O2/c1-11(16-14(4,5)10-15)12-7-6-8-13(2,3)9-12/h10-12H,6-9H2,1-5H3. The predicted molar refractivity (Wildman–Crippen MR) is 66.4 cm³/mol. The zero-order valence-corrected chi connectivity index (χ0v) is 11.4. The van der Waals surface area contributed by atoms with Gasteiger partial charge < -0.3 is 9.53 Å². The van der Waals surface area contributed by atoms with Crippen molar-refractivity contribution in [3.05, 3.63) is 0 Å². The quantitative estimate of drug-likeness (QED) is 0.685. The summed E-state index contributed by atoms with van der Waals surface area (Å²) in [6.07, 6.45) is 6.13. The van der Waals surface area contributed by atoms with E-state index in [0.29, 0.717) is 11.3 Å². The number of aldehydes is 1. The summed E-state index contributed by atoms with van der Waals surface area (Å²) in [5, 5.41) is 0. The molecule has 0 aromatic heterocycles. The predicted octanol–water partition coefficient (Wildman–Crippen LogP) is 3.59. The van der Waals surface area contributed by atoms with Crippen LogP contribution in [0.1, 0.15) is 60.3 Å². The van der Waals surface area contributed by atoms with Crippen molar-refractivity contribution >= 4 is 6.29 Å². The van der Waals surface area contributed by atoms with Gasteiger partial charge >= 0.3 is 0 Å². The van der Waals surface area contributed by atoms with Crippen molar-refractivity contribution in [2.24, 2.45) is 11.3 Å². The first kappa shape index (κ1) is 13.7. The molecule has 1 rings (SSSR count). The first-order valence-corrected chi connectivity index (χ1v) is 6.40. The van der Waals surface area contributed by atoms with Gasteiger partial charge in [0.1, 0.15) is 5.60 Å². The Labute approximate surface area is 99.8 Å². The van der Waals surface area contributed by atoms with Crippen LogP contribution in [-0.4, -0.2) is 18.0 Å². The maximum atomic E-state index is 10.8. The fourth-order valence-electron chi connectivity index (χ4n) is 2.76. The maximum Gasteiger partial charge on any atom is 0.151 e. The molecule has 0 spiro atoms. The lowest BCUT2D eigenvalue weighted by molar-refractivity contribution is -0.139. The van der Waals surface area contributed by atoms with Crippen LogP contribution in [0.25, 0.3) is 0 Å². The van der Waals surface area contributed by atoms with E-state index >= 15 is 0 Å². The molecule has 1 saturated carbocycles. The molecule has 0 bridgehead atoms. The third-order valence-corrected chi connectivity index (χ3v) is 3.68. The summed E-state index contributed by atoms with van der Waals surface area (Å²) in [6.45, 7) is 10.4. The molecule has 0 aromatic rings. The van der Waals surface area contributed by atoms with Crippen LogP contribution < -0.4 is 0 Å². The van der Waals surface area contributed by atoms with Gasteiger partial charge in [-0.3, -0.25) is 0 Å². The summed E-state index contributed by atoms with van der Waals surface area (Å²) in [6, 6.07) is 0. The Morgan fingerprint density at radius 1 is 1.44 bits per heavy atom. The van der Waals surface area contributed by atoms with Crippen LogP contribution in [0.15, 0.2) is 0 Å². The largest absolute Gasteiger partial charge is 0.365 e. The van der Waals surface area contributed by atoms with Gasteiger partial charge in [-0.1, -0.05) is 20.3 Å². The molecule has 2 unspecified atom stereocenters. The van der Waals surface area contributed by atoms with Gasteiger partial charge in [0.05, 0.1) is 6.10 Å². The molecule has 1 aliphatic carbocycles. The van der Waals surface area contributed by atoms with Crippen LogP contribution in [-0.2, 0) is 9.53 Å². The Morgan fingerprint density at radius 3 is 2.56 bits per heavy atom. The molecule has 2 atom stereocenters. The van der Waals surface area contributed by atoms with Crippen molar-refractivity contribution in [1.82, 2.24) is 0 Å². The van der Waals surface area contributed by atoms with E-state index in [1.165, 1.54) is 25.7 Å². The summed E-state index contributed by atoms with van der Waals surface area (Å²) in [5.74, 6) is 0.600. The average Bonchev–Trinajstić information content (AvgIpc) is 2.15. The lowest BCUT2D eigenvalue weighted by Crippen LogP contribution is -2.37. The molecular weight excluding hydrogens is 200 g/mol. The van der Waals surface area contributed by atoms with Gasteiger partial charge in [0.25, 0.3) is 0 Å². The second-order valence-corrected chi connectivity index (χ2v) is 6.56.